The Hall–Kier alpha value is -2.13. The standard InChI is InChI=1S/C16H18N4OS/c1-10-4-6-11(7-5-10)18-16-19-14(13-3-2-8-22-13)12(9-17)15(21)20-16/h2-3,8,10-11H,4-7H2,1H3,(H2,18,19,20,21). The second-order valence-electron chi connectivity index (χ2n) is 5.83. The van der Waals surface area contributed by atoms with Crippen LogP contribution < -0.4 is 10.9 Å². The summed E-state index contributed by atoms with van der Waals surface area (Å²) in [6, 6.07) is 6.06. The van der Waals surface area contributed by atoms with Gasteiger partial charge < -0.3 is 5.32 Å². The molecule has 0 spiro atoms. The molecule has 1 fully saturated rings. The average molecular weight is 314 g/mol. The molecule has 0 atom stereocenters. The Labute approximate surface area is 133 Å². The van der Waals surface area contributed by atoms with E-state index in [1.165, 1.54) is 24.2 Å². The lowest BCUT2D eigenvalue weighted by Crippen LogP contribution is -2.28. The number of nitriles is 1. The highest BCUT2D eigenvalue weighted by atomic mass is 32.1. The van der Waals surface area contributed by atoms with Crippen LogP contribution in [0.15, 0.2) is 22.3 Å². The lowest BCUT2D eigenvalue weighted by molar-refractivity contribution is 0.360. The Morgan fingerprint density at radius 3 is 2.82 bits per heavy atom. The molecule has 0 unspecified atom stereocenters. The van der Waals surface area contributed by atoms with E-state index in [1.807, 2.05) is 23.6 Å². The molecule has 2 N–H and O–H groups in total. The van der Waals surface area contributed by atoms with Crippen LogP contribution in [-0.4, -0.2) is 16.0 Å². The van der Waals surface area contributed by atoms with Crippen molar-refractivity contribution in [2.24, 2.45) is 5.92 Å². The molecule has 2 aromatic rings. The lowest BCUT2D eigenvalue weighted by Gasteiger charge is -2.27. The monoisotopic (exact) mass is 314 g/mol. The van der Waals surface area contributed by atoms with Crippen LogP contribution >= 0.6 is 11.3 Å². The van der Waals surface area contributed by atoms with Crippen LogP contribution in [0, 0.1) is 17.2 Å². The number of rotatable bonds is 3. The van der Waals surface area contributed by atoms with Crippen LogP contribution in [0.4, 0.5) is 5.95 Å². The highest BCUT2D eigenvalue weighted by Crippen LogP contribution is 2.27. The summed E-state index contributed by atoms with van der Waals surface area (Å²) in [7, 11) is 0. The summed E-state index contributed by atoms with van der Waals surface area (Å²) in [6.45, 7) is 2.27. The van der Waals surface area contributed by atoms with E-state index in [0.29, 0.717) is 17.7 Å². The summed E-state index contributed by atoms with van der Waals surface area (Å²) in [6.07, 6.45) is 4.55. The van der Waals surface area contributed by atoms with Gasteiger partial charge >= 0.3 is 0 Å². The number of anilines is 1. The third kappa shape index (κ3) is 3.04. The number of nitrogens with one attached hydrogen (secondary N) is 2. The molecule has 1 saturated carbocycles. The smallest absolute Gasteiger partial charge is 0.270 e. The van der Waals surface area contributed by atoms with E-state index < -0.39 is 0 Å². The number of hydrogen-bond acceptors (Lipinski definition) is 5. The van der Waals surface area contributed by atoms with Gasteiger partial charge in [0, 0.05) is 6.04 Å². The highest BCUT2D eigenvalue weighted by molar-refractivity contribution is 7.13. The molecule has 1 aliphatic rings. The number of aromatic amines is 1. The molecule has 1 aliphatic carbocycles. The van der Waals surface area contributed by atoms with Crippen LogP contribution in [0.3, 0.4) is 0 Å². The second-order valence-corrected chi connectivity index (χ2v) is 6.78. The summed E-state index contributed by atoms with van der Waals surface area (Å²) in [5.41, 5.74) is 0.158. The molecule has 22 heavy (non-hydrogen) atoms. The first-order valence-corrected chi connectivity index (χ1v) is 8.40. The summed E-state index contributed by atoms with van der Waals surface area (Å²) < 4.78 is 0. The maximum Gasteiger partial charge on any atom is 0.270 e. The molecule has 2 heterocycles. The number of nitrogens with zero attached hydrogens (tertiary/aromatic N) is 2. The van der Waals surface area contributed by atoms with Crippen molar-refractivity contribution in [2.45, 2.75) is 38.6 Å². The fraction of sp³-hybridized carbons (Fsp3) is 0.438. The maximum absolute atomic E-state index is 12.1. The summed E-state index contributed by atoms with van der Waals surface area (Å²) in [5, 5.41) is 14.4. The van der Waals surface area contributed by atoms with E-state index >= 15 is 0 Å². The fourth-order valence-corrected chi connectivity index (χ4v) is 3.55. The predicted octanol–water partition coefficient (Wildman–Crippen LogP) is 3.36. The first-order chi connectivity index (χ1) is 10.7. The van der Waals surface area contributed by atoms with Crippen molar-refractivity contribution in [2.75, 3.05) is 5.32 Å². The number of aromatic nitrogens is 2. The zero-order chi connectivity index (χ0) is 15.5. The first kappa shape index (κ1) is 14.8. The fourth-order valence-electron chi connectivity index (χ4n) is 2.83. The largest absolute Gasteiger partial charge is 0.353 e. The molecular formula is C16H18N4OS. The zero-order valence-electron chi connectivity index (χ0n) is 12.4. The van der Waals surface area contributed by atoms with Crippen molar-refractivity contribution in [1.82, 2.24) is 9.97 Å². The molecular weight excluding hydrogens is 296 g/mol. The molecule has 2 aromatic heterocycles. The van der Waals surface area contributed by atoms with Crippen molar-refractivity contribution in [3.05, 3.63) is 33.4 Å². The van der Waals surface area contributed by atoms with E-state index in [9.17, 15) is 10.1 Å². The van der Waals surface area contributed by atoms with Crippen molar-refractivity contribution in [3.8, 4) is 16.6 Å². The summed E-state index contributed by atoms with van der Waals surface area (Å²) >= 11 is 1.48. The Morgan fingerprint density at radius 2 is 2.18 bits per heavy atom. The Morgan fingerprint density at radius 1 is 1.41 bits per heavy atom. The van der Waals surface area contributed by atoms with Gasteiger partial charge in [0.1, 0.15) is 17.3 Å². The number of hydrogen-bond donors (Lipinski definition) is 2. The normalized spacial score (nSPS) is 21.3. The van der Waals surface area contributed by atoms with E-state index in [0.717, 1.165) is 23.6 Å². The minimum absolute atomic E-state index is 0.0743. The summed E-state index contributed by atoms with van der Waals surface area (Å²) in [5.74, 6) is 1.24. The minimum Gasteiger partial charge on any atom is -0.353 e. The first-order valence-electron chi connectivity index (χ1n) is 7.52. The molecule has 0 aromatic carbocycles. The molecule has 3 rings (SSSR count). The van der Waals surface area contributed by atoms with Gasteiger partial charge in [-0.25, -0.2) is 4.98 Å². The molecule has 0 saturated heterocycles. The van der Waals surface area contributed by atoms with Gasteiger partial charge in [-0.05, 0) is 43.0 Å². The highest BCUT2D eigenvalue weighted by Gasteiger charge is 2.20. The molecule has 0 bridgehead atoms. The SMILES string of the molecule is CC1CCC(Nc2nc(-c3cccs3)c(C#N)c(=O)[nH]2)CC1. The zero-order valence-corrected chi connectivity index (χ0v) is 13.2. The maximum atomic E-state index is 12.1. The van der Waals surface area contributed by atoms with Crippen LogP contribution in [0.1, 0.15) is 38.2 Å². The lowest BCUT2D eigenvalue weighted by atomic mass is 9.87. The Balaban J connectivity index is 1.90. The third-order valence-corrected chi connectivity index (χ3v) is 5.02. The molecule has 114 valence electrons. The van der Waals surface area contributed by atoms with Gasteiger partial charge in [-0.15, -0.1) is 11.3 Å². The van der Waals surface area contributed by atoms with Gasteiger partial charge in [-0.2, -0.15) is 5.26 Å². The molecule has 0 aliphatic heterocycles. The molecule has 0 radical (unpaired) electrons. The number of thiophene rings is 1. The third-order valence-electron chi connectivity index (χ3n) is 4.14. The van der Waals surface area contributed by atoms with E-state index in [2.05, 4.69) is 22.2 Å². The number of H-pyrrole nitrogens is 1. The van der Waals surface area contributed by atoms with Crippen molar-refractivity contribution in [3.63, 3.8) is 0 Å². The van der Waals surface area contributed by atoms with Crippen molar-refractivity contribution < 1.29 is 0 Å². The van der Waals surface area contributed by atoms with Gasteiger partial charge in [0.25, 0.3) is 5.56 Å². The summed E-state index contributed by atoms with van der Waals surface area (Å²) in [4.78, 5) is 20.1. The van der Waals surface area contributed by atoms with Crippen LogP contribution in [-0.2, 0) is 0 Å². The van der Waals surface area contributed by atoms with Gasteiger partial charge in [0.15, 0.2) is 0 Å². The minimum atomic E-state index is -0.382. The van der Waals surface area contributed by atoms with Gasteiger partial charge in [0.05, 0.1) is 4.88 Å². The van der Waals surface area contributed by atoms with Crippen LogP contribution in [0.2, 0.25) is 0 Å². The van der Waals surface area contributed by atoms with Gasteiger partial charge in [-0.1, -0.05) is 13.0 Å². The Kier molecular flexibility index (Phi) is 4.25. The van der Waals surface area contributed by atoms with Crippen LogP contribution in [0.25, 0.3) is 10.6 Å². The van der Waals surface area contributed by atoms with Crippen molar-refractivity contribution in [1.29, 1.82) is 5.26 Å². The van der Waals surface area contributed by atoms with E-state index in [1.54, 1.807) is 0 Å². The quantitative estimate of drug-likeness (QED) is 0.910. The molecule has 5 nitrogen and oxygen atoms in total. The molecule has 0 amide bonds. The topological polar surface area (TPSA) is 81.6 Å². The van der Waals surface area contributed by atoms with E-state index in [4.69, 9.17) is 0 Å². The molecule has 6 heteroatoms. The predicted molar refractivity (Wildman–Crippen MR) is 87.9 cm³/mol. The van der Waals surface area contributed by atoms with Crippen molar-refractivity contribution >= 4 is 17.3 Å². The van der Waals surface area contributed by atoms with E-state index in [-0.39, 0.29) is 11.1 Å². The van der Waals surface area contributed by atoms with Crippen LogP contribution in [0.5, 0.6) is 0 Å². The van der Waals surface area contributed by atoms with Gasteiger partial charge in [0.2, 0.25) is 5.95 Å². The average Bonchev–Trinajstić information content (AvgIpc) is 3.03. The second kappa shape index (κ2) is 6.32. The van der Waals surface area contributed by atoms with Gasteiger partial charge in [-0.3, -0.25) is 9.78 Å². The Bertz CT molecular complexity index is 736.